The van der Waals surface area contributed by atoms with E-state index in [0.29, 0.717) is 47.7 Å². The van der Waals surface area contributed by atoms with Gasteiger partial charge in [-0.15, -0.1) is 0 Å². The molecule has 0 bridgehead atoms. The third-order valence-corrected chi connectivity index (χ3v) is 7.41. The summed E-state index contributed by atoms with van der Waals surface area (Å²) in [6, 6.07) is 15.4. The number of piperidine rings is 1. The van der Waals surface area contributed by atoms with Crippen LogP contribution in [0.2, 0.25) is 0 Å². The van der Waals surface area contributed by atoms with E-state index in [-0.39, 0.29) is 5.78 Å². The Kier molecular flexibility index (Phi) is 4.74. The van der Waals surface area contributed by atoms with Gasteiger partial charge in [-0.2, -0.15) is 0 Å². The molecule has 36 heavy (non-hydrogen) atoms. The van der Waals surface area contributed by atoms with Crippen molar-refractivity contribution in [2.75, 3.05) is 36.5 Å². The first-order valence-electron chi connectivity index (χ1n) is 12.6. The first-order valence-corrected chi connectivity index (χ1v) is 12.6. The van der Waals surface area contributed by atoms with Crippen LogP contribution in [0.3, 0.4) is 0 Å². The summed E-state index contributed by atoms with van der Waals surface area (Å²) in [5.74, 6) is 3.19. The molecule has 7 heteroatoms. The van der Waals surface area contributed by atoms with Crippen molar-refractivity contribution in [2.45, 2.75) is 20.3 Å². The average Bonchev–Trinajstić information content (AvgIpc) is 3.32. The van der Waals surface area contributed by atoms with Gasteiger partial charge < -0.3 is 24.2 Å². The summed E-state index contributed by atoms with van der Waals surface area (Å²) >= 11 is 0. The number of aromatic nitrogens is 1. The molecule has 3 aliphatic rings. The minimum Gasteiger partial charge on any atom is -0.486 e. The number of rotatable bonds is 3. The van der Waals surface area contributed by atoms with Gasteiger partial charge in [0.25, 0.3) is 0 Å². The number of fused-ring (bicyclic) bond motifs is 3. The highest BCUT2D eigenvalue weighted by atomic mass is 16.6. The molecule has 0 radical (unpaired) electrons. The highest BCUT2D eigenvalue weighted by molar-refractivity contribution is 6.28. The molecule has 7 rings (SSSR count). The van der Waals surface area contributed by atoms with E-state index in [2.05, 4.69) is 35.3 Å². The van der Waals surface area contributed by atoms with Crippen molar-refractivity contribution in [1.29, 1.82) is 0 Å². The van der Waals surface area contributed by atoms with E-state index in [4.69, 9.17) is 14.0 Å². The monoisotopic (exact) mass is 481 g/mol. The predicted molar refractivity (Wildman–Crippen MR) is 139 cm³/mol. The number of ether oxygens (including phenoxy) is 2. The Morgan fingerprint density at radius 3 is 2.50 bits per heavy atom. The Hall–Kier alpha value is -4.00. The predicted octanol–water partition coefficient (Wildman–Crippen LogP) is 6.04. The highest BCUT2D eigenvalue weighted by Gasteiger charge is 2.35. The third kappa shape index (κ3) is 3.26. The number of nitrogens with one attached hydrogen (secondary N) is 1. The van der Waals surface area contributed by atoms with E-state index in [1.807, 2.05) is 42.5 Å². The van der Waals surface area contributed by atoms with Crippen LogP contribution in [0, 0.1) is 11.8 Å². The topological polar surface area (TPSA) is 76.8 Å². The summed E-state index contributed by atoms with van der Waals surface area (Å²) in [7, 11) is 0. The fourth-order valence-electron chi connectivity index (χ4n) is 6.02. The summed E-state index contributed by atoms with van der Waals surface area (Å²) < 4.78 is 17.4. The third-order valence-electron chi connectivity index (χ3n) is 7.41. The van der Waals surface area contributed by atoms with Crippen LogP contribution in [0.5, 0.6) is 11.5 Å². The first-order chi connectivity index (χ1) is 17.6. The lowest BCUT2D eigenvalue weighted by atomic mass is 9.85. The number of carbonyl (C=O) groups is 1. The van der Waals surface area contributed by atoms with Gasteiger partial charge in [0.15, 0.2) is 23.0 Å². The van der Waals surface area contributed by atoms with Gasteiger partial charge in [0.05, 0.1) is 22.3 Å². The van der Waals surface area contributed by atoms with Gasteiger partial charge in [-0.3, -0.25) is 4.79 Å². The molecule has 2 atom stereocenters. The van der Waals surface area contributed by atoms with Crippen LogP contribution in [-0.2, 0) is 0 Å². The van der Waals surface area contributed by atoms with E-state index < -0.39 is 0 Å². The molecule has 3 heterocycles. The maximum atomic E-state index is 13.9. The van der Waals surface area contributed by atoms with E-state index in [1.165, 1.54) is 6.42 Å². The first kappa shape index (κ1) is 21.3. The molecular weight excluding hydrogens is 454 g/mol. The molecule has 1 N–H and O–H groups in total. The number of carbonyl (C=O) groups excluding carboxylic acids is 1. The zero-order valence-corrected chi connectivity index (χ0v) is 20.3. The molecule has 1 aromatic heterocycles. The molecule has 0 unspecified atom stereocenters. The SMILES string of the molecule is C[C@@H]1C[C@@H](C)CN(c2cc(Nc3ccc4c(c3)OCCO4)c3c4c(onc24)-c2ccccc2C3=O)C1. The number of anilines is 3. The lowest BCUT2D eigenvalue weighted by molar-refractivity contribution is 0.104. The smallest absolute Gasteiger partial charge is 0.196 e. The van der Waals surface area contributed by atoms with Crippen molar-refractivity contribution in [3.05, 3.63) is 59.7 Å². The molecule has 3 aromatic carbocycles. The van der Waals surface area contributed by atoms with Crippen molar-refractivity contribution in [2.24, 2.45) is 11.8 Å². The number of ketones is 1. The summed E-state index contributed by atoms with van der Waals surface area (Å²) in [6.45, 7) is 7.52. The van der Waals surface area contributed by atoms with Crippen LogP contribution in [0.25, 0.3) is 22.2 Å². The second-order valence-electron chi connectivity index (χ2n) is 10.3. The average molecular weight is 482 g/mol. The Balaban J connectivity index is 1.43. The van der Waals surface area contributed by atoms with Gasteiger partial charge >= 0.3 is 0 Å². The van der Waals surface area contributed by atoms with Gasteiger partial charge in [-0.25, -0.2) is 0 Å². The fourth-order valence-corrected chi connectivity index (χ4v) is 6.02. The second-order valence-corrected chi connectivity index (χ2v) is 10.3. The number of hydrogen-bond acceptors (Lipinski definition) is 7. The maximum absolute atomic E-state index is 13.9. The molecule has 182 valence electrons. The van der Waals surface area contributed by atoms with E-state index in [1.54, 1.807) is 0 Å². The molecule has 1 aliphatic carbocycles. The zero-order valence-electron chi connectivity index (χ0n) is 20.3. The molecule has 4 aromatic rings. The fraction of sp³-hybridized carbons (Fsp3) is 0.310. The summed E-state index contributed by atoms with van der Waals surface area (Å²) in [4.78, 5) is 16.3. The largest absolute Gasteiger partial charge is 0.486 e. The van der Waals surface area contributed by atoms with Gasteiger partial charge in [-0.05, 0) is 36.5 Å². The minimum absolute atomic E-state index is 0.0294. The molecule has 0 spiro atoms. The van der Waals surface area contributed by atoms with Crippen molar-refractivity contribution < 1.29 is 18.8 Å². The van der Waals surface area contributed by atoms with Gasteiger partial charge in [0.1, 0.15) is 18.7 Å². The normalized spacial score (nSPS) is 20.4. The number of nitrogens with zero attached hydrogens (tertiary/aromatic N) is 2. The van der Waals surface area contributed by atoms with Crippen molar-refractivity contribution in [3.63, 3.8) is 0 Å². The Morgan fingerprint density at radius 2 is 1.69 bits per heavy atom. The van der Waals surface area contributed by atoms with Crippen LogP contribution >= 0.6 is 0 Å². The lowest BCUT2D eigenvalue weighted by Crippen LogP contribution is -2.39. The van der Waals surface area contributed by atoms with Crippen LogP contribution in [0.1, 0.15) is 36.2 Å². The van der Waals surface area contributed by atoms with E-state index in [0.717, 1.165) is 52.4 Å². The van der Waals surface area contributed by atoms with Crippen LogP contribution in [0.15, 0.2) is 53.1 Å². The Labute approximate surface area is 209 Å². The van der Waals surface area contributed by atoms with E-state index >= 15 is 0 Å². The van der Waals surface area contributed by atoms with Gasteiger partial charge in [0, 0.05) is 36.0 Å². The molecule has 0 amide bonds. The standard InChI is InChI=1S/C29H27N3O4/c1-16-11-17(2)15-32(14-16)22-13-21(30-18-7-8-23-24(12-18)35-10-9-34-23)25-26-27(22)31-36-29(26)20-6-4-3-5-19(20)28(25)33/h3-8,12-13,16-17,30H,9-11,14-15H2,1-2H3/t16-,17-/m1/s1. The summed E-state index contributed by atoms with van der Waals surface area (Å²) in [6.07, 6.45) is 1.20. The molecule has 1 fully saturated rings. The zero-order chi connectivity index (χ0) is 24.4. The molecular formula is C29H27N3O4. The summed E-state index contributed by atoms with van der Waals surface area (Å²) in [5.41, 5.74) is 5.32. The Bertz CT molecular complexity index is 1510. The lowest BCUT2D eigenvalue weighted by Gasteiger charge is -2.37. The quantitative estimate of drug-likeness (QED) is 0.337. The van der Waals surface area contributed by atoms with Crippen molar-refractivity contribution >= 4 is 33.7 Å². The number of benzene rings is 3. The molecule has 2 aliphatic heterocycles. The minimum atomic E-state index is -0.0294. The van der Waals surface area contributed by atoms with Crippen molar-refractivity contribution in [3.8, 4) is 22.8 Å². The number of hydrogen-bond donors (Lipinski definition) is 1. The van der Waals surface area contributed by atoms with Crippen LogP contribution < -0.4 is 19.7 Å². The van der Waals surface area contributed by atoms with Gasteiger partial charge in [0.2, 0.25) is 0 Å². The Morgan fingerprint density at radius 1 is 0.944 bits per heavy atom. The second kappa shape index (κ2) is 8.01. The van der Waals surface area contributed by atoms with Gasteiger partial charge in [-0.1, -0.05) is 43.3 Å². The van der Waals surface area contributed by atoms with Crippen LogP contribution in [0.4, 0.5) is 17.1 Å². The van der Waals surface area contributed by atoms with Crippen molar-refractivity contribution in [1.82, 2.24) is 5.16 Å². The molecule has 0 saturated carbocycles. The van der Waals surface area contributed by atoms with Crippen LogP contribution in [-0.4, -0.2) is 37.2 Å². The van der Waals surface area contributed by atoms with E-state index in [9.17, 15) is 4.79 Å². The highest BCUT2D eigenvalue weighted by Crippen LogP contribution is 2.47. The molecule has 7 nitrogen and oxygen atoms in total. The maximum Gasteiger partial charge on any atom is 0.196 e. The summed E-state index contributed by atoms with van der Waals surface area (Å²) in [5, 5.41) is 8.83. The molecule has 1 saturated heterocycles.